The molecule has 1 heterocycles. The maximum Gasteiger partial charge on any atom is 0.181 e. The minimum absolute atomic E-state index is 0.612. The first-order valence-electron chi connectivity index (χ1n) is 6.38. The van der Waals surface area contributed by atoms with Crippen molar-refractivity contribution in [3.05, 3.63) is 72.8 Å². The van der Waals surface area contributed by atoms with Gasteiger partial charge in [0.05, 0.1) is 10.2 Å². The molecule has 0 saturated carbocycles. The van der Waals surface area contributed by atoms with Crippen molar-refractivity contribution >= 4 is 26.7 Å². The molecule has 2 N–H and O–H groups in total. The van der Waals surface area contributed by atoms with Gasteiger partial charge in [-0.15, -0.1) is 0 Å². The average Bonchev–Trinajstić information content (AvgIpc) is 2.83. The van der Waals surface area contributed by atoms with Gasteiger partial charge in [0.15, 0.2) is 5.13 Å². The number of thiazole rings is 1. The molecule has 0 saturated heterocycles. The third-order valence-corrected chi connectivity index (χ3v) is 3.80. The summed E-state index contributed by atoms with van der Waals surface area (Å²) in [5, 5.41) is 0.612. The molecule has 98 valence electrons. The molecule has 0 aliphatic heterocycles. The Morgan fingerprint density at radius 1 is 0.750 bits per heavy atom. The summed E-state index contributed by atoms with van der Waals surface area (Å²) in [6.45, 7) is 0. The smallest absolute Gasteiger partial charge is 0.181 e. The molecule has 0 fully saturated rings. The summed E-state index contributed by atoms with van der Waals surface area (Å²) in [6, 6.07) is 24.6. The molecule has 0 bridgehead atoms. The number of hydrogen-bond acceptors (Lipinski definition) is 3. The van der Waals surface area contributed by atoms with Crippen molar-refractivity contribution < 1.29 is 0 Å². The predicted octanol–water partition coefficient (Wildman–Crippen LogP) is 4.67. The van der Waals surface area contributed by atoms with Gasteiger partial charge in [0.2, 0.25) is 0 Å². The second-order valence-electron chi connectivity index (χ2n) is 4.37. The fraction of sp³-hybridized carbons (Fsp3) is 0. The van der Waals surface area contributed by atoms with Crippen LogP contribution < -0.4 is 5.73 Å². The van der Waals surface area contributed by atoms with Crippen LogP contribution in [0.25, 0.3) is 21.3 Å². The van der Waals surface area contributed by atoms with Crippen LogP contribution in [0.5, 0.6) is 0 Å². The summed E-state index contributed by atoms with van der Waals surface area (Å²) in [7, 11) is 0. The molecular formula is C17H14N2S. The second-order valence-corrected chi connectivity index (χ2v) is 5.43. The van der Waals surface area contributed by atoms with E-state index >= 15 is 0 Å². The second kappa shape index (κ2) is 5.72. The van der Waals surface area contributed by atoms with Gasteiger partial charge in [-0.05, 0) is 23.3 Å². The lowest BCUT2D eigenvalue weighted by Gasteiger charge is -1.99. The normalized spacial score (nSPS) is 10.2. The Hall–Kier alpha value is -2.39. The van der Waals surface area contributed by atoms with Crippen molar-refractivity contribution in [1.29, 1.82) is 0 Å². The summed E-state index contributed by atoms with van der Waals surface area (Å²) >= 11 is 1.52. The molecule has 0 aliphatic carbocycles. The molecular weight excluding hydrogens is 264 g/mol. The molecule has 1 aromatic heterocycles. The van der Waals surface area contributed by atoms with Crippen molar-refractivity contribution in [2.45, 2.75) is 0 Å². The van der Waals surface area contributed by atoms with Crippen molar-refractivity contribution in [1.82, 2.24) is 4.98 Å². The van der Waals surface area contributed by atoms with Crippen LogP contribution in [-0.4, -0.2) is 4.98 Å². The summed E-state index contributed by atoms with van der Waals surface area (Å²) < 4.78 is 1.12. The van der Waals surface area contributed by atoms with Gasteiger partial charge in [0, 0.05) is 0 Å². The molecule has 3 heteroatoms. The number of rotatable bonds is 1. The van der Waals surface area contributed by atoms with Crippen LogP contribution in [0, 0.1) is 0 Å². The minimum atomic E-state index is 0.612. The van der Waals surface area contributed by atoms with Crippen LogP contribution in [0.1, 0.15) is 0 Å². The summed E-state index contributed by atoms with van der Waals surface area (Å²) in [5.74, 6) is 0. The molecule has 2 nitrogen and oxygen atoms in total. The van der Waals surface area contributed by atoms with E-state index in [1.807, 2.05) is 48.5 Å². The van der Waals surface area contributed by atoms with Gasteiger partial charge in [-0.2, -0.15) is 0 Å². The summed E-state index contributed by atoms with van der Waals surface area (Å²) in [4.78, 5) is 4.28. The number of benzene rings is 1. The Kier molecular flexibility index (Phi) is 3.61. The number of nitrogen functional groups attached to an aromatic ring is 1. The van der Waals surface area contributed by atoms with E-state index in [-0.39, 0.29) is 0 Å². The van der Waals surface area contributed by atoms with E-state index in [1.165, 1.54) is 16.9 Å². The molecule has 3 rings (SSSR count). The number of anilines is 1. The Morgan fingerprint density at radius 2 is 1.40 bits per heavy atom. The Bertz CT molecular complexity index is 767. The summed E-state index contributed by atoms with van der Waals surface area (Å²) in [6.07, 6.45) is 0. The van der Waals surface area contributed by atoms with E-state index in [0.29, 0.717) is 5.13 Å². The zero-order valence-corrected chi connectivity index (χ0v) is 11.7. The van der Waals surface area contributed by atoms with E-state index in [2.05, 4.69) is 29.2 Å². The molecule has 2 aromatic carbocycles. The monoisotopic (exact) mass is 278 g/mol. The molecule has 3 aromatic rings. The van der Waals surface area contributed by atoms with Gasteiger partial charge in [-0.1, -0.05) is 72.0 Å². The molecule has 0 radical (unpaired) electrons. The highest BCUT2D eigenvalue weighted by Crippen LogP contribution is 2.28. The van der Waals surface area contributed by atoms with Gasteiger partial charge in [0.25, 0.3) is 0 Å². The maximum absolute atomic E-state index is 5.75. The van der Waals surface area contributed by atoms with Crippen LogP contribution in [0.2, 0.25) is 0 Å². The fourth-order valence-electron chi connectivity index (χ4n) is 2.01. The maximum atomic E-state index is 5.75. The number of nitrogens with two attached hydrogens (primary N) is 1. The van der Waals surface area contributed by atoms with Gasteiger partial charge in [-0.3, -0.25) is 0 Å². The lowest BCUT2D eigenvalue weighted by Crippen LogP contribution is -1.79. The standard InChI is InChI=1S/C17H14N2S/c18-17-19-15-11-10-14(12-16(15)20-17)13-8-6-4-2-1-3-5-7-9-13/h1-12H,(H2,18,19). The first-order valence-corrected chi connectivity index (χ1v) is 7.19. The molecule has 20 heavy (non-hydrogen) atoms. The van der Waals surface area contributed by atoms with Crippen LogP contribution in [0.3, 0.4) is 0 Å². The predicted molar refractivity (Wildman–Crippen MR) is 87.1 cm³/mol. The van der Waals surface area contributed by atoms with Gasteiger partial charge in [0.1, 0.15) is 0 Å². The molecule has 0 atom stereocenters. The van der Waals surface area contributed by atoms with Gasteiger partial charge >= 0.3 is 0 Å². The fourth-order valence-corrected chi connectivity index (χ4v) is 2.78. The molecule has 0 spiro atoms. The lowest BCUT2D eigenvalue weighted by atomic mass is 10.1. The highest BCUT2D eigenvalue weighted by atomic mass is 32.1. The number of fused-ring (bicyclic) bond motifs is 1. The highest BCUT2D eigenvalue weighted by Gasteiger charge is 2.02. The first kappa shape index (κ1) is 12.6. The Morgan fingerprint density at radius 3 is 2.10 bits per heavy atom. The van der Waals surface area contributed by atoms with Crippen molar-refractivity contribution in [2.75, 3.05) is 5.73 Å². The van der Waals surface area contributed by atoms with E-state index in [4.69, 9.17) is 5.73 Å². The number of hydrogen-bond donors (Lipinski definition) is 1. The molecule has 0 amide bonds. The van der Waals surface area contributed by atoms with Crippen molar-refractivity contribution in [3.63, 3.8) is 0 Å². The zero-order chi connectivity index (χ0) is 13.8. The van der Waals surface area contributed by atoms with Crippen LogP contribution in [0.15, 0.2) is 72.8 Å². The quantitative estimate of drug-likeness (QED) is 0.702. The Balaban J connectivity index is 2.14. The minimum Gasteiger partial charge on any atom is -0.375 e. The molecule has 0 aliphatic rings. The third kappa shape index (κ3) is 2.78. The van der Waals surface area contributed by atoms with Gasteiger partial charge < -0.3 is 5.73 Å². The van der Waals surface area contributed by atoms with E-state index in [1.54, 1.807) is 0 Å². The van der Waals surface area contributed by atoms with Gasteiger partial charge in [-0.25, -0.2) is 4.98 Å². The Labute approximate surface area is 121 Å². The summed E-state index contributed by atoms with van der Waals surface area (Å²) in [5.41, 5.74) is 9.04. The van der Waals surface area contributed by atoms with E-state index < -0.39 is 0 Å². The van der Waals surface area contributed by atoms with Crippen LogP contribution in [0.4, 0.5) is 5.13 Å². The number of aromatic nitrogens is 1. The van der Waals surface area contributed by atoms with Crippen molar-refractivity contribution in [2.24, 2.45) is 0 Å². The zero-order valence-electron chi connectivity index (χ0n) is 10.9. The SMILES string of the molecule is Nc1nc2ccc(-c3ccccccccc3)cc2s1. The highest BCUT2D eigenvalue weighted by molar-refractivity contribution is 7.22. The van der Waals surface area contributed by atoms with E-state index in [0.717, 1.165) is 15.8 Å². The van der Waals surface area contributed by atoms with E-state index in [9.17, 15) is 0 Å². The largest absolute Gasteiger partial charge is 0.375 e. The van der Waals surface area contributed by atoms with Crippen LogP contribution in [-0.2, 0) is 0 Å². The van der Waals surface area contributed by atoms with Crippen molar-refractivity contribution in [3.8, 4) is 11.1 Å². The third-order valence-electron chi connectivity index (χ3n) is 2.96. The molecule has 0 unspecified atom stereocenters. The van der Waals surface area contributed by atoms with Crippen LogP contribution >= 0.6 is 11.3 Å². The topological polar surface area (TPSA) is 38.9 Å². The first-order chi connectivity index (χ1) is 9.83. The lowest BCUT2D eigenvalue weighted by molar-refractivity contribution is 1.49. The number of nitrogens with zero attached hydrogens (tertiary/aromatic N) is 1. The average molecular weight is 278 g/mol.